The monoisotopic (exact) mass is 320 g/mol. The van der Waals surface area contributed by atoms with Crippen molar-refractivity contribution in [3.05, 3.63) is 23.8 Å². The van der Waals surface area contributed by atoms with E-state index in [0.29, 0.717) is 18.3 Å². The summed E-state index contributed by atoms with van der Waals surface area (Å²) in [5, 5.41) is 19.6. The average Bonchev–Trinajstić information content (AvgIpc) is 2.34. The van der Waals surface area contributed by atoms with Crippen molar-refractivity contribution in [2.45, 2.75) is 72.3 Å². The van der Waals surface area contributed by atoms with Crippen molar-refractivity contribution in [1.29, 1.82) is 0 Å². The van der Waals surface area contributed by atoms with E-state index in [2.05, 4.69) is 27.4 Å². The Kier molecular flexibility index (Phi) is 5.10. The van der Waals surface area contributed by atoms with Gasteiger partial charge in [-0.3, -0.25) is 0 Å². The summed E-state index contributed by atoms with van der Waals surface area (Å²) in [6, 6.07) is 0. The second kappa shape index (κ2) is 6.43. The Morgan fingerprint density at radius 3 is 2.61 bits per heavy atom. The second-order valence-corrected chi connectivity index (χ2v) is 8.68. The molecule has 2 fully saturated rings. The zero-order chi connectivity index (χ0) is 17.4. The largest absolute Gasteiger partial charge is 0.478 e. The van der Waals surface area contributed by atoms with Gasteiger partial charge in [-0.2, -0.15) is 0 Å². The van der Waals surface area contributed by atoms with Crippen molar-refractivity contribution in [1.82, 2.24) is 0 Å². The number of rotatable bonds is 4. The van der Waals surface area contributed by atoms with Crippen LogP contribution in [0.4, 0.5) is 0 Å². The molecule has 0 radical (unpaired) electrons. The SMILES string of the molecule is C=C1C[C@@H](O)C2C(C)(C)CCC[C@]2(C)[C@H]1CC/C(C)=C/C(=O)O. The fraction of sp³-hybridized carbons (Fsp3) is 0.750. The van der Waals surface area contributed by atoms with Crippen molar-refractivity contribution < 1.29 is 15.0 Å². The number of carboxylic acid groups (broad SMARTS) is 1. The Bertz CT molecular complexity index is 517. The lowest BCUT2D eigenvalue weighted by molar-refractivity contribution is -0.131. The predicted octanol–water partition coefficient (Wildman–Crippen LogP) is 4.57. The van der Waals surface area contributed by atoms with Crippen LogP contribution in [0.2, 0.25) is 0 Å². The summed E-state index contributed by atoms with van der Waals surface area (Å²) in [6.07, 6.45) is 6.92. The van der Waals surface area contributed by atoms with E-state index in [0.717, 1.165) is 30.4 Å². The van der Waals surface area contributed by atoms with Crippen LogP contribution in [-0.4, -0.2) is 22.3 Å². The summed E-state index contributed by atoms with van der Waals surface area (Å²) in [6.45, 7) is 13.1. The van der Waals surface area contributed by atoms with Gasteiger partial charge >= 0.3 is 5.97 Å². The van der Waals surface area contributed by atoms with Crippen LogP contribution in [0, 0.1) is 22.7 Å². The Morgan fingerprint density at radius 1 is 1.35 bits per heavy atom. The third-order valence-electron chi connectivity index (χ3n) is 6.43. The van der Waals surface area contributed by atoms with Crippen molar-refractivity contribution in [2.24, 2.45) is 22.7 Å². The molecule has 23 heavy (non-hydrogen) atoms. The summed E-state index contributed by atoms with van der Waals surface area (Å²) in [7, 11) is 0. The van der Waals surface area contributed by atoms with E-state index >= 15 is 0 Å². The molecule has 0 saturated heterocycles. The van der Waals surface area contributed by atoms with Crippen molar-refractivity contribution in [2.75, 3.05) is 0 Å². The standard InChI is InChI=1S/C20H32O3/c1-13(11-17(22)23)7-8-15-14(2)12-16(21)18-19(3,4)9-6-10-20(15,18)5/h11,15-16,18,21H,2,6-10,12H2,1,3-5H3,(H,22,23)/b13-11+/t15-,16+,18?,20+/m0/s1. The number of fused-ring (bicyclic) bond motifs is 1. The summed E-state index contributed by atoms with van der Waals surface area (Å²) < 4.78 is 0. The van der Waals surface area contributed by atoms with Crippen LogP contribution in [0.3, 0.4) is 0 Å². The first kappa shape index (κ1) is 18.3. The third-order valence-corrected chi connectivity index (χ3v) is 6.43. The quantitative estimate of drug-likeness (QED) is 0.589. The molecule has 0 bridgehead atoms. The molecular formula is C20H32O3. The lowest BCUT2D eigenvalue weighted by atomic mass is 9.46. The number of allylic oxidation sites excluding steroid dienone is 1. The highest BCUT2D eigenvalue weighted by molar-refractivity contribution is 5.80. The minimum absolute atomic E-state index is 0.0694. The van der Waals surface area contributed by atoms with E-state index in [1.807, 2.05) is 6.92 Å². The van der Waals surface area contributed by atoms with Crippen LogP contribution in [0.15, 0.2) is 23.8 Å². The highest BCUT2D eigenvalue weighted by atomic mass is 16.4. The molecule has 0 amide bonds. The zero-order valence-electron chi connectivity index (χ0n) is 15.1. The van der Waals surface area contributed by atoms with Gasteiger partial charge in [0.1, 0.15) is 0 Å². The molecule has 2 aliphatic rings. The van der Waals surface area contributed by atoms with Gasteiger partial charge in [0.15, 0.2) is 0 Å². The first-order valence-corrected chi connectivity index (χ1v) is 8.84. The van der Waals surface area contributed by atoms with Gasteiger partial charge in [0, 0.05) is 6.08 Å². The van der Waals surface area contributed by atoms with Gasteiger partial charge in [0.25, 0.3) is 0 Å². The highest BCUT2D eigenvalue weighted by Gasteiger charge is 2.56. The summed E-state index contributed by atoms with van der Waals surface area (Å²) in [4.78, 5) is 10.8. The first-order valence-electron chi connectivity index (χ1n) is 8.84. The van der Waals surface area contributed by atoms with Crippen LogP contribution in [0.25, 0.3) is 0 Å². The van der Waals surface area contributed by atoms with Gasteiger partial charge < -0.3 is 10.2 Å². The number of aliphatic hydroxyl groups is 1. The topological polar surface area (TPSA) is 57.5 Å². The van der Waals surface area contributed by atoms with E-state index in [-0.39, 0.29) is 16.9 Å². The molecule has 0 aromatic rings. The molecule has 3 heteroatoms. The fourth-order valence-corrected chi connectivity index (χ4v) is 5.66. The van der Waals surface area contributed by atoms with E-state index in [1.165, 1.54) is 18.9 Å². The molecule has 130 valence electrons. The van der Waals surface area contributed by atoms with Crippen LogP contribution >= 0.6 is 0 Å². The lowest BCUT2D eigenvalue weighted by Crippen LogP contribution is -2.55. The first-order chi connectivity index (χ1) is 10.6. The maximum Gasteiger partial charge on any atom is 0.328 e. The zero-order valence-corrected chi connectivity index (χ0v) is 15.1. The number of hydrogen-bond donors (Lipinski definition) is 2. The molecule has 0 spiro atoms. The number of hydrogen-bond acceptors (Lipinski definition) is 2. The summed E-state index contributed by atoms with van der Waals surface area (Å²) >= 11 is 0. The van der Waals surface area contributed by atoms with Gasteiger partial charge in [-0.1, -0.05) is 44.9 Å². The molecular weight excluding hydrogens is 288 g/mol. The number of aliphatic carboxylic acids is 1. The van der Waals surface area contributed by atoms with Crippen LogP contribution in [-0.2, 0) is 4.79 Å². The molecule has 0 aromatic heterocycles. The average molecular weight is 320 g/mol. The molecule has 2 rings (SSSR count). The van der Waals surface area contributed by atoms with E-state index in [9.17, 15) is 9.90 Å². The maximum absolute atomic E-state index is 10.8. The van der Waals surface area contributed by atoms with E-state index in [1.54, 1.807) is 0 Å². The molecule has 2 aliphatic carbocycles. The Labute approximate surface area is 140 Å². The van der Waals surface area contributed by atoms with Gasteiger partial charge in [-0.25, -0.2) is 4.79 Å². The lowest BCUT2D eigenvalue weighted by Gasteiger charge is -2.59. The second-order valence-electron chi connectivity index (χ2n) is 8.68. The predicted molar refractivity (Wildman–Crippen MR) is 93.1 cm³/mol. The molecule has 3 nitrogen and oxygen atoms in total. The van der Waals surface area contributed by atoms with Gasteiger partial charge in [-0.15, -0.1) is 0 Å². The molecule has 0 aliphatic heterocycles. The molecule has 2 N–H and O–H groups in total. The Hall–Kier alpha value is -1.09. The van der Waals surface area contributed by atoms with Crippen molar-refractivity contribution >= 4 is 5.97 Å². The highest BCUT2D eigenvalue weighted by Crippen LogP contribution is 2.61. The molecule has 1 unspecified atom stereocenters. The minimum Gasteiger partial charge on any atom is -0.478 e. The van der Waals surface area contributed by atoms with E-state index < -0.39 is 5.97 Å². The number of carboxylic acids is 1. The molecule has 0 heterocycles. The van der Waals surface area contributed by atoms with Crippen LogP contribution < -0.4 is 0 Å². The smallest absolute Gasteiger partial charge is 0.328 e. The molecule has 4 atom stereocenters. The van der Waals surface area contributed by atoms with Gasteiger partial charge in [-0.05, 0) is 61.7 Å². The number of aliphatic hydroxyl groups excluding tert-OH is 1. The molecule has 0 aromatic carbocycles. The Balaban J connectivity index is 2.24. The maximum atomic E-state index is 10.8. The van der Waals surface area contributed by atoms with Crippen molar-refractivity contribution in [3.8, 4) is 0 Å². The summed E-state index contributed by atoms with van der Waals surface area (Å²) in [5.74, 6) is -0.209. The van der Waals surface area contributed by atoms with Gasteiger partial charge in [0.2, 0.25) is 0 Å². The minimum atomic E-state index is -0.872. The third kappa shape index (κ3) is 3.55. The molecule has 2 saturated carbocycles. The van der Waals surface area contributed by atoms with E-state index in [4.69, 9.17) is 5.11 Å². The fourth-order valence-electron chi connectivity index (χ4n) is 5.66. The number of carbonyl (C=O) groups is 1. The van der Waals surface area contributed by atoms with Crippen LogP contribution in [0.5, 0.6) is 0 Å². The van der Waals surface area contributed by atoms with Gasteiger partial charge in [0.05, 0.1) is 6.10 Å². The summed E-state index contributed by atoms with van der Waals surface area (Å²) in [5.41, 5.74) is 2.28. The normalized spacial score (nSPS) is 37.3. The van der Waals surface area contributed by atoms with Crippen molar-refractivity contribution in [3.63, 3.8) is 0 Å². The Morgan fingerprint density at radius 2 is 2.00 bits per heavy atom. The van der Waals surface area contributed by atoms with Crippen LogP contribution in [0.1, 0.15) is 66.2 Å².